The first-order valence-electron chi connectivity index (χ1n) is 7.40. The Kier molecular flexibility index (Phi) is 4.26. The first kappa shape index (κ1) is 15.5. The van der Waals surface area contributed by atoms with Crippen LogP contribution >= 0.6 is 0 Å². The Morgan fingerprint density at radius 3 is 2.55 bits per heavy atom. The van der Waals surface area contributed by atoms with Crippen LogP contribution in [0.15, 0.2) is 23.1 Å². The zero-order chi connectivity index (χ0) is 15.7. The van der Waals surface area contributed by atoms with Crippen LogP contribution < -0.4 is 14.5 Å². The predicted octanol–water partition coefficient (Wildman–Crippen LogP) is -0.0441. The molecule has 1 aromatic carbocycles. The molecule has 1 aromatic rings. The molecule has 0 amide bonds. The minimum Gasteiger partial charge on any atom is -0.490 e. The third-order valence-corrected chi connectivity index (χ3v) is 5.46. The van der Waals surface area contributed by atoms with Gasteiger partial charge < -0.3 is 14.5 Å². The highest BCUT2D eigenvalue weighted by Crippen LogP contribution is 2.32. The lowest BCUT2D eigenvalue weighted by molar-refractivity contribution is 0.135. The van der Waals surface area contributed by atoms with Gasteiger partial charge in [0.05, 0.1) is 17.1 Å². The molecule has 0 spiro atoms. The van der Waals surface area contributed by atoms with Crippen molar-refractivity contribution in [3.8, 4) is 5.75 Å². The summed E-state index contributed by atoms with van der Waals surface area (Å²) >= 11 is 0. The fourth-order valence-electron chi connectivity index (χ4n) is 2.62. The van der Waals surface area contributed by atoms with Crippen LogP contribution in [0.3, 0.4) is 0 Å². The van der Waals surface area contributed by atoms with Crippen LogP contribution in [0.4, 0.5) is 5.69 Å². The number of sulfonamides is 1. The number of ether oxygens (including phenoxy) is 1. The maximum atomic E-state index is 12.5. The normalized spacial score (nSPS) is 20.5. The zero-order valence-corrected chi connectivity index (χ0v) is 13.8. The highest BCUT2D eigenvalue weighted by atomic mass is 32.2. The number of likely N-dealkylation sites (N-methyl/N-ethyl adjacent to an activating group) is 2. The predicted molar refractivity (Wildman–Crippen MR) is 84.6 cm³/mol. The zero-order valence-electron chi connectivity index (χ0n) is 12.9. The minimum absolute atomic E-state index is 0.266. The number of piperazine rings is 1. The summed E-state index contributed by atoms with van der Waals surface area (Å²) in [5.41, 5.74) is 0.813. The largest absolute Gasteiger partial charge is 0.490 e. The molecule has 0 aromatic heterocycles. The van der Waals surface area contributed by atoms with Crippen LogP contribution in [0, 0.1) is 0 Å². The molecule has 0 radical (unpaired) electrons. The van der Waals surface area contributed by atoms with E-state index in [1.54, 1.807) is 23.2 Å². The third-order valence-electron chi connectivity index (χ3n) is 4.09. The van der Waals surface area contributed by atoms with Gasteiger partial charge in [-0.05, 0) is 25.2 Å². The van der Waals surface area contributed by atoms with E-state index in [2.05, 4.69) is 9.73 Å². The molecule has 1 saturated heterocycles. The topological polar surface area (TPSA) is 65.1 Å². The lowest BCUT2D eigenvalue weighted by Gasteiger charge is -2.32. The number of anilines is 1. The van der Waals surface area contributed by atoms with Crippen LogP contribution in [-0.4, -0.2) is 71.8 Å². The molecule has 22 heavy (non-hydrogen) atoms. The Balaban J connectivity index is 1.79. The molecule has 2 aliphatic rings. The summed E-state index contributed by atoms with van der Waals surface area (Å²) in [5, 5.41) is 1.76. The highest BCUT2D eigenvalue weighted by Gasteiger charge is 2.24. The SMILES string of the molecule is CN1CCN(NS(=O)(=O)c2ccc3c(c2)N(C)CCO3)CC1. The average molecular weight is 326 g/mol. The molecule has 1 N–H and O–H groups in total. The summed E-state index contributed by atoms with van der Waals surface area (Å²) in [6.07, 6.45) is 0. The lowest BCUT2D eigenvalue weighted by atomic mass is 10.2. The number of hydrogen-bond acceptors (Lipinski definition) is 6. The smallest absolute Gasteiger partial charge is 0.253 e. The van der Waals surface area contributed by atoms with Crippen molar-refractivity contribution in [1.82, 2.24) is 14.7 Å². The fraction of sp³-hybridized carbons (Fsp3) is 0.571. The summed E-state index contributed by atoms with van der Waals surface area (Å²) in [4.78, 5) is 7.12. The quantitative estimate of drug-likeness (QED) is 0.841. The van der Waals surface area contributed by atoms with E-state index < -0.39 is 10.0 Å². The highest BCUT2D eigenvalue weighted by molar-refractivity contribution is 7.89. The molecule has 7 nitrogen and oxygen atoms in total. The van der Waals surface area contributed by atoms with E-state index in [1.807, 2.05) is 19.0 Å². The van der Waals surface area contributed by atoms with Crippen molar-refractivity contribution < 1.29 is 13.2 Å². The molecule has 0 atom stereocenters. The number of rotatable bonds is 3. The van der Waals surface area contributed by atoms with E-state index in [0.717, 1.165) is 31.1 Å². The van der Waals surface area contributed by atoms with Crippen LogP contribution in [0.25, 0.3) is 0 Å². The van der Waals surface area contributed by atoms with Crippen LogP contribution in [0.2, 0.25) is 0 Å². The Morgan fingerprint density at radius 1 is 1.09 bits per heavy atom. The molecule has 2 heterocycles. The molecular weight excluding hydrogens is 304 g/mol. The van der Waals surface area contributed by atoms with Gasteiger partial charge in [0, 0.05) is 33.2 Å². The number of hydrazine groups is 1. The summed E-state index contributed by atoms with van der Waals surface area (Å²) < 4.78 is 30.6. The Morgan fingerprint density at radius 2 is 1.82 bits per heavy atom. The Bertz CT molecular complexity index is 641. The molecule has 2 aliphatic heterocycles. The molecule has 1 fully saturated rings. The van der Waals surface area contributed by atoms with Gasteiger partial charge in [0.15, 0.2) is 0 Å². The van der Waals surface area contributed by atoms with Gasteiger partial charge in [-0.3, -0.25) is 0 Å². The molecule has 0 saturated carbocycles. The van der Waals surface area contributed by atoms with Gasteiger partial charge in [0.2, 0.25) is 0 Å². The van der Waals surface area contributed by atoms with E-state index >= 15 is 0 Å². The van der Waals surface area contributed by atoms with Gasteiger partial charge in [-0.2, -0.15) is 0 Å². The lowest BCUT2D eigenvalue weighted by Crippen LogP contribution is -2.52. The minimum atomic E-state index is -3.56. The van der Waals surface area contributed by atoms with Crippen molar-refractivity contribution in [3.63, 3.8) is 0 Å². The first-order valence-corrected chi connectivity index (χ1v) is 8.88. The molecule has 122 valence electrons. The molecule has 3 rings (SSSR count). The number of benzene rings is 1. The van der Waals surface area contributed by atoms with Crippen LogP contribution in [-0.2, 0) is 10.0 Å². The van der Waals surface area contributed by atoms with Crippen molar-refractivity contribution in [2.24, 2.45) is 0 Å². The molecule has 0 bridgehead atoms. The molecule has 0 aliphatic carbocycles. The van der Waals surface area contributed by atoms with Gasteiger partial charge in [0.1, 0.15) is 12.4 Å². The maximum absolute atomic E-state index is 12.5. The fourth-order valence-corrected chi connectivity index (χ4v) is 3.76. The van der Waals surface area contributed by atoms with Crippen molar-refractivity contribution in [1.29, 1.82) is 0 Å². The van der Waals surface area contributed by atoms with Crippen LogP contribution in [0.1, 0.15) is 0 Å². The summed E-state index contributed by atoms with van der Waals surface area (Å²) in [6, 6.07) is 4.99. The number of nitrogens with zero attached hydrogens (tertiary/aromatic N) is 3. The third kappa shape index (κ3) is 3.19. The molecule has 8 heteroatoms. The Labute approximate surface area is 131 Å². The standard InChI is InChI=1S/C14H22N4O3S/c1-16-5-7-18(8-6-16)15-22(19,20)12-3-4-14-13(11-12)17(2)9-10-21-14/h3-4,11,15H,5-10H2,1-2H3. The van der Waals surface area contributed by atoms with E-state index in [4.69, 9.17) is 4.74 Å². The van der Waals surface area contributed by atoms with Crippen molar-refractivity contribution in [2.45, 2.75) is 4.90 Å². The van der Waals surface area contributed by atoms with E-state index in [1.165, 1.54) is 0 Å². The monoisotopic (exact) mass is 326 g/mol. The molecule has 0 unspecified atom stereocenters. The van der Waals surface area contributed by atoms with Crippen molar-refractivity contribution >= 4 is 15.7 Å². The average Bonchev–Trinajstić information content (AvgIpc) is 2.49. The van der Waals surface area contributed by atoms with Gasteiger partial charge in [0.25, 0.3) is 10.0 Å². The maximum Gasteiger partial charge on any atom is 0.253 e. The summed E-state index contributed by atoms with van der Waals surface area (Å²) in [5.74, 6) is 0.729. The second-order valence-corrected chi connectivity index (χ2v) is 7.45. The van der Waals surface area contributed by atoms with E-state index in [-0.39, 0.29) is 4.90 Å². The molecular formula is C14H22N4O3S. The second-order valence-electron chi connectivity index (χ2n) is 5.78. The van der Waals surface area contributed by atoms with Gasteiger partial charge >= 0.3 is 0 Å². The number of fused-ring (bicyclic) bond motifs is 1. The number of nitrogens with one attached hydrogen (secondary N) is 1. The van der Waals surface area contributed by atoms with Crippen molar-refractivity contribution in [3.05, 3.63) is 18.2 Å². The van der Waals surface area contributed by atoms with Gasteiger partial charge in [-0.25, -0.2) is 13.4 Å². The van der Waals surface area contributed by atoms with E-state index in [0.29, 0.717) is 19.7 Å². The van der Waals surface area contributed by atoms with Crippen molar-refractivity contribution in [2.75, 3.05) is 58.3 Å². The summed E-state index contributed by atoms with van der Waals surface area (Å²) in [6.45, 7) is 4.44. The van der Waals surface area contributed by atoms with Crippen LogP contribution in [0.5, 0.6) is 5.75 Å². The first-order chi connectivity index (χ1) is 10.5. The number of hydrogen-bond donors (Lipinski definition) is 1. The second kappa shape index (κ2) is 6.04. The van der Waals surface area contributed by atoms with Gasteiger partial charge in [-0.15, -0.1) is 4.83 Å². The van der Waals surface area contributed by atoms with E-state index in [9.17, 15) is 8.42 Å². The Hall–Kier alpha value is -1.35. The summed E-state index contributed by atoms with van der Waals surface area (Å²) in [7, 11) is 0.410. The van der Waals surface area contributed by atoms with Gasteiger partial charge in [-0.1, -0.05) is 0 Å².